The number of allylic oxidation sites excluding steroid dienone is 1. The zero-order valence-electron chi connectivity index (χ0n) is 6.61. The number of carboxylic acids is 1. The lowest BCUT2D eigenvalue weighted by Crippen LogP contribution is -2.01. The van der Waals surface area contributed by atoms with Gasteiger partial charge in [0, 0.05) is 0 Å². The summed E-state index contributed by atoms with van der Waals surface area (Å²) in [6.07, 6.45) is 1.22. The molecule has 0 aliphatic heterocycles. The van der Waals surface area contributed by atoms with Gasteiger partial charge in [-0.2, -0.15) is 0 Å². The Labute approximate surface area is 69.6 Å². The molecule has 4 nitrogen and oxygen atoms in total. The van der Waals surface area contributed by atoms with Gasteiger partial charge in [-0.25, -0.2) is 14.8 Å². The van der Waals surface area contributed by atoms with Crippen molar-refractivity contribution in [3.63, 3.8) is 0 Å². The van der Waals surface area contributed by atoms with Crippen molar-refractivity contribution in [2.45, 2.75) is 6.92 Å². The summed E-state index contributed by atoms with van der Waals surface area (Å²) in [7, 11) is 0. The summed E-state index contributed by atoms with van der Waals surface area (Å²) in [6.45, 7) is 5.40. The molecule has 0 bridgehead atoms. The lowest BCUT2D eigenvalue weighted by molar-refractivity contribution is 0.0690. The van der Waals surface area contributed by atoms with Gasteiger partial charge < -0.3 is 5.11 Å². The van der Waals surface area contributed by atoms with Crippen LogP contribution in [0.1, 0.15) is 23.1 Å². The van der Waals surface area contributed by atoms with Crippen LogP contribution in [0.3, 0.4) is 0 Å². The molecule has 62 valence electrons. The number of aromatic nitrogens is 2. The summed E-state index contributed by atoms with van der Waals surface area (Å²) in [5, 5.41) is 8.57. The number of hydrogen-bond acceptors (Lipinski definition) is 3. The van der Waals surface area contributed by atoms with Gasteiger partial charge in [-0.05, 0) is 18.6 Å². The van der Waals surface area contributed by atoms with Crippen LogP contribution in [0.15, 0.2) is 19.0 Å². The van der Waals surface area contributed by atoms with Crippen molar-refractivity contribution in [2.75, 3.05) is 0 Å². The maximum Gasteiger partial charge on any atom is 0.354 e. The second-order valence-electron chi connectivity index (χ2n) is 2.37. The van der Waals surface area contributed by atoms with Gasteiger partial charge in [0.15, 0.2) is 5.69 Å². The van der Waals surface area contributed by atoms with Crippen LogP contribution in [0.5, 0.6) is 0 Å². The lowest BCUT2D eigenvalue weighted by Gasteiger charge is -1.97. The summed E-state index contributed by atoms with van der Waals surface area (Å²) >= 11 is 0. The zero-order valence-corrected chi connectivity index (χ0v) is 6.61. The second kappa shape index (κ2) is 3.13. The van der Waals surface area contributed by atoms with E-state index in [1.54, 1.807) is 6.92 Å². The third kappa shape index (κ3) is 1.66. The van der Waals surface area contributed by atoms with Gasteiger partial charge >= 0.3 is 5.97 Å². The minimum Gasteiger partial charge on any atom is -0.477 e. The van der Waals surface area contributed by atoms with Crippen LogP contribution in [0.25, 0.3) is 5.57 Å². The monoisotopic (exact) mass is 164 g/mol. The van der Waals surface area contributed by atoms with E-state index in [9.17, 15) is 4.79 Å². The summed E-state index contributed by atoms with van der Waals surface area (Å²) in [5.74, 6) is -1.06. The first kappa shape index (κ1) is 8.39. The van der Waals surface area contributed by atoms with Crippen LogP contribution < -0.4 is 0 Å². The molecule has 1 heterocycles. The molecule has 0 fully saturated rings. The first-order valence-electron chi connectivity index (χ1n) is 3.32. The molecule has 0 aliphatic rings. The molecule has 0 aliphatic carbocycles. The summed E-state index contributed by atoms with van der Waals surface area (Å²) in [4.78, 5) is 17.9. The molecule has 4 heteroatoms. The predicted molar refractivity (Wildman–Crippen MR) is 43.7 cm³/mol. The SMILES string of the molecule is C=C(C)c1cc(C(=O)O)ncn1. The van der Waals surface area contributed by atoms with Crippen molar-refractivity contribution >= 4 is 11.5 Å². The molecule has 0 saturated carbocycles. The molecule has 0 atom stereocenters. The predicted octanol–water partition coefficient (Wildman–Crippen LogP) is 1.21. The molecule has 0 amide bonds. The Hall–Kier alpha value is -1.71. The van der Waals surface area contributed by atoms with E-state index in [-0.39, 0.29) is 5.69 Å². The average Bonchev–Trinajstić information content (AvgIpc) is 2.04. The van der Waals surface area contributed by atoms with E-state index < -0.39 is 5.97 Å². The van der Waals surface area contributed by atoms with Gasteiger partial charge in [-0.3, -0.25) is 0 Å². The van der Waals surface area contributed by atoms with E-state index in [0.29, 0.717) is 5.69 Å². The second-order valence-corrected chi connectivity index (χ2v) is 2.37. The number of nitrogens with zero attached hydrogens (tertiary/aromatic N) is 2. The van der Waals surface area contributed by atoms with Crippen molar-refractivity contribution in [1.29, 1.82) is 0 Å². The van der Waals surface area contributed by atoms with Crippen LogP contribution in [0.2, 0.25) is 0 Å². The molecule has 0 spiro atoms. The maximum atomic E-state index is 10.5. The Morgan fingerprint density at radius 3 is 2.58 bits per heavy atom. The minimum atomic E-state index is -1.06. The number of hydrogen-bond donors (Lipinski definition) is 1. The number of aromatic carboxylic acids is 1. The van der Waals surface area contributed by atoms with Crippen molar-refractivity contribution in [2.24, 2.45) is 0 Å². The molecular weight excluding hydrogens is 156 g/mol. The van der Waals surface area contributed by atoms with Gasteiger partial charge in [0.05, 0.1) is 5.69 Å². The molecule has 1 N–H and O–H groups in total. The molecule has 0 aromatic carbocycles. The van der Waals surface area contributed by atoms with Gasteiger partial charge in [-0.15, -0.1) is 0 Å². The minimum absolute atomic E-state index is 0.0111. The first-order chi connectivity index (χ1) is 5.61. The Kier molecular flexibility index (Phi) is 2.19. The fraction of sp³-hybridized carbons (Fsp3) is 0.125. The number of carbonyl (C=O) groups is 1. The van der Waals surface area contributed by atoms with Gasteiger partial charge in [0.2, 0.25) is 0 Å². The van der Waals surface area contributed by atoms with Crippen LogP contribution in [0.4, 0.5) is 0 Å². The normalized spacial score (nSPS) is 9.42. The van der Waals surface area contributed by atoms with E-state index >= 15 is 0 Å². The molecular formula is C8H8N2O2. The van der Waals surface area contributed by atoms with E-state index in [2.05, 4.69) is 16.5 Å². The van der Waals surface area contributed by atoms with Crippen LogP contribution in [-0.2, 0) is 0 Å². The molecule has 1 rings (SSSR count). The highest BCUT2D eigenvalue weighted by Crippen LogP contribution is 2.07. The quantitative estimate of drug-likeness (QED) is 0.713. The van der Waals surface area contributed by atoms with Gasteiger partial charge in [-0.1, -0.05) is 6.58 Å². The van der Waals surface area contributed by atoms with Crippen molar-refractivity contribution in [3.8, 4) is 0 Å². The van der Waals surface area contributed by atoms with Crippen molar-refractivity contribution < 1.29 is 9.90 Å². The van der Waals surface area contributed by atoms with E-state index in [1.807, 2.05) is 0 Å². The standard InChI is InChI=1S/C8H8N2O2/c1-5(2)6-3-7(8(11)12)10-4-9-6/h3-4H,1H2,2H3,(H,11,12). The molecule has 0 radical (unpaired) electrons. The van der Waals surface area contributed by atoms with Crippen LogP contribution in [0, 0.1) is 0 Å². The largest absolute Gasteiger partial charge is 0.477 e. The smallest absolute Gasteiger partial charge is 0.354 e. The molecule has 1 aromatic heterocycles. The molecule has 12 heavy (non-hydrogen) atoms. The van der Waals surface area contributed by atoms with Crippen LogP contribution in [-0.4, -0.2) is 21.0 Å². The maximum absolute atomic E-state index is 10.5. The third-order valence-corrected chi connectivity index (χ3v) is 1.32. The summed E-state index contributed by atoms with van der Waals surface area (Å²) < 4.78 is 0. The fourth-order valence-electron chi connectivity index (χ4n) is 0.708. The highest BCUT2D eigenvalue weighted by Gasteiger charge is 2.05. The highest BCUT2D eigenvalue weighted by atomic mass is 16.4. The average molecular weight is 164 g/mol. The Balaban J connectivity index is 3.12. The summed E-state index contributed by atoms with van der Waals surface area (Å²) in [5.41, 5.74) is 1.27. The van der Waals surface area contributed by atoms with E-state index in [4.69, 9.17) is 5.11 Å². The van der Waals surface area contributed by atoms with Crippen molar-refractivity contribution in [1.82, 2.24) is 9.97 Å². The molecule has 0 unspecified atom stereocenters. The zero-order chi connectivity index (χ0) is 9.14. The highest BCUT2D eigenvalue weighted by molar-refractivity contribution is 5.86. The van der Waals surface area contributed by atoms with Gasteiger partial charge in [0.25, 0.3) is 0 Å². The first-order valence-corrected chi connectivity index (χ1v) is 3.32. The number of carboxylic acid groups (broad SMARTS) is 1. The van der Waals surface area contributed by atoms with Crippen molar-refractivity contribution in [3.05, 3.63) is 30.4 Å². The third-order valence-electron chi connectivity index (χ3n) is 1.32. The van der Waals surface area contributed by atoms with E-state index in [0.717, 1.165) is 5.57 Å². The molecule has 0 saturated heterocycles. The topological polar surface area (TPSA) is 63.1 Å². The summed E-state index contributed by atoms with van der Waals surface area (Å²) in [6, 6.07) is 1.39. The van der Waals surface area contributed by atoms with Crippen LogP contribution >= 0.6 is 0 Å². The Morgan fingerprint density at radius 2 is 2.08 bits per heavy atom. The Bertz CT molecular complexity index is 304. The lowest BCUT2D eigenvalue weighted by atomic mass is 10.2. The Morgan fingerprint density at radius 1 is 1.50 bits per heavy atom. The molecule has 1 aromatic rings. The van der Waals surface area contributed by atoms with E-state index in [1.165, 1.54) is 12.4 Å². The fourth-order valence-corrected chi connectivity index (χ4v) is 0.708. The number of rotatable bonds is 2. The van der Waals surface area contributed by atoms with Gasteiger partial charge in [0.1, 0.15) is 6.33 Å².